The molecule has 0 spiro atoms. The van der Waals surface area contributed by atoms with Gasteiger partial charge in [0.2, 0.25) is 5.91 Å². The van der Waals surface area contributed by atoms with Crippen molar-refractivity contribution in [2.24, 2.45) is 11.8 Å². The lowest BCUT2D eigenvalue weighted by molar-refractivity contribution is -0.139. The van der Waals surface area contributed by atoms with Crippen LogP contribution in [0.3, 0.4) is 0 Å². The summed E-state index contributed by atoms with van der Waals surface area (Å²) in [4.78, 5) is 19.3. The first kappa shape index (κ1) is 18.0. The van der Waals surface area contributed by atoms with E-state index in [2.05, 4.69) is 29.5 Å². The number of carbonyl (C=O) groups is 1. The molecule has 1 aromatic heterocycles. The maximum atomic E-state index is 12.8. The topological polar surface area (TPSA) is 38.1 Å². The molecule has 0 radical (unpaired) electrons. The Kier molecular flexibility index (Phi) is 5.79. The molecule has 4 nitrogen and oxygen atoms in total. The Labute approximate surface area is 154 Å². The monoisotopic (exact) mass is 359 g/mol. The molecule has 0 aliphatic heterocycles. The lowest BCUT2D eigenvalue weighted by Crippen LogP contribution is -2.41. The Balaban J connectivity index is 1.73. The average molecular weight is 360 g/mol. The van der Waals surface area contributed by atoms with E-state index in [0.717, 1.165) is 35.8 Å². The maximum absolute atomic E-state index is 12.8. The van der Waals surface area contributed by atoms with Gasteiger partial charge in [-0.25, -0.2) is 4.98 Å². The van der Waals surface area contributed by atoms with Crippen LogP contribution in [0, 0.1) is 11.8 Å². The molecule has 1 fully saturated rings. The second-order valence-electron chi connectivity index (χ2n) is 7.34. The zero-order valence-electron chi connectivity index (χ0n) is 15.0. The Morgan fingerprint density at radius 2 is 2.20 bits per heavy atom. The number of amides is 1. The molecule has 0 N–H and O–H groups in total. The molecule has 1 aliphatic rings. The summed E-state index contributed by atoms with van der Waals surface area (Å²) in [6.07, 6.45) is 7.02. The fraction of sp³-hybridized carbons (Fsp3) is 0.500. The van der Waals surface area contributed by atoms with E-state index in [1.54, 1.807) is 6.20 Å². The summed E-state index contributed by atoms with van der Waals surface area (Å²) in [6.45, 7) is 6.36. The molecular weight excluding hydrogens is 334 g/mol. The van der Waals surface area contributed by atoms with Crippen LogP contribution in [0.4, 0.5) is 0 Å². The largest absolute Gasteiger partial charge is 0.335 e. The molecule has 0 unspecified atom stereocenters. The Hall–Kier alpha value is -1.81. The fourth-order valence-electron chi connectivity index (χ4n) is 3.22. The van der Waals surface area contributed by atoms with Crippen LogP contribution in [0.15, 0.2) is 36.7 Å². The summed E-state index contributed by atoms with van der Waals surface area (Å²) in [5, 5.41) is 0.737. The zero-order chi connectivity index (χ0) is 17.8. The van der Waals surface area contributed by atoms with Gasteiger partial charge in [0.1, 0.15) is 5.82 Å². The average Bonchev–Trinajstić information content (AvgIpc) is 2.91. The highest BCUT2D eigenvalue weighted by Gasteiger charge is 2.30. The predicted molar refractivity (Wildman–Crippen MR) is 100 cm³/mol. The number of benzene rings is 1. The van der Waals surface area contributed by atoms with E-state index in [9.17, 15) is 4.79 Å². The molecule has 2 aromatic rings. The standard InChI is InChI=1S/C20H26ClN3O/c1-15(2)12-24(20(25)17-6-4-7-17)14-19-22-9-10-23(19)13-16-5-3-8-18(21)11-16/h3,5,8-11,15,17H,4,6-7,12-14H2,1-2H3. The lowest BCUT2D eigenvalue weighted by atomic mass is 9.84. The van der Waals surface area contributed by atoms with E-state index in [1.807, 2.05) is 29.3 Å². The van der Waals surface area contributed by atoms with Gasteiger partial charge < -0.3 is 9.47 Å². The van der Waals surface area contributed by atoms with Crippen LogP contribution in [0.25, 0.3) is 0 Å². The molecule has 1 saturated carbocycles. The van der Waals surface area contributed by atoms with Crippen molar-refractivity contribution < 1.29 is 4.79 Å². The Morgan fingerprint density at radius 3 is 2.84 bits per heavy atom. The SMILES string of the molecule is CC(C)CN(Cc1nccn1Cc1cccc(Cl)c1)C(=O)C1CCC1. The van der Waals surface area contributed by atoms with Gasteiger partial charge >= 0.3 is 0 Å². The molecular formula is C20H26ClN3O. The van der Waals surface area contributed by atoms with E-state index < -0.39 is 0 Å². The maximum Gasteiger partial charge on any atom is 0.226 e. The van der Waals surface area contributed by atoms with E-state index in [-0.39, 0.29) is 11.8 Å². The van der Waals surface area contributed by atoms with Crippen LogP contribution in [0.1, 0.15) is 44.5 Å². The van der Waals surface area contributed by atoms with Gasteiger partial charge in [-0.3, -0.25) is 4.79 Å². The van der Waals surface area contributed by atoms with Gasteiger partial charge in [0.05, 0.1) is 6.54 Å². The van der Waals surface area contributed by atoms with Crippen molar-refractivity contribution in [2.75, 3.05) is 6.54 Å². The number of nitrogens with zero attached hydrogens (tertiary/aromatic N) is 3. The third-order valence-corrected chi connectivity index (χ3v) is 4.96. The van der Waals surface area contributed by atoms with Crippen LogP contribution < -0.4 is 0 Å². The minimum atomic E-state index is 0.218. The minimum absolute atomic E-state index is 0.218. The third-order valence-electron chi connectivity index (χ3n) is 4.73. The second kappa shape index (κ2) is 8.05. The predicted octanol–water partition coefficient (Wildman–Crippen LogP) is 4.37. The normalized spacial score (nSPS) is 14.6. The zero-order valence-corrected chi connectivity index (χ0v) is 15.7. The third kappa shape index (κ3) is 4.63. The van der Waals surface area contributed by atoms with Crippen molar-refractivity contribution in [1.29, 1.82) is 0 Å². The Morgan fingerprint density at radius 1 is 1.40 bits per heavy atom. The van der Waals surface area contributed by atoms with Gasteiger partial charge in [-0.2, -0.15) is 0 Å². The molecule has 0 bridgehead atoms. The highest BCUT2D eigenvalue weighted by molar-refractivity contribution is 6.30. The number of aromatic nitrogens is 2. The molecule has 0 saturated heterocycles. The fourth-order valence-corrected chi connectivity index (χ4v) is 3.44. The summed E-state index contributed by atoms with van der Waals surface area (Å²) in [7, 11) is 0. The number of rotatable bonds is 7. The molecule has 3 rings (SSSR count). The summed E-state index contributed by atoms with van der Waals surface area (Å²) >= 11 is 6.09. The van der Waals surface area contributed by atoms with Crippen LogP contribution in [-0.4, -0.2) is 26.9 Å². The molecule has 1 aliphatic carbocycles. The van der Waals surface area contributed by atoms with Crippen LogP contribution in [0.5, 0.6) is 0 Å². The van der Waals surface area contributed by atoms with Gasteiger partial charge in [-0.1, -0.05) is 44.0 Å². The van der Waals surface area contributed by atoms with Gasteiger partial charge in [-0.05, 0) is 36.5 Å². The van der Waals surface area contributed by atoms with E-state index in [1.165, 1.54) is 6.42 Å². The first-order chi connectivity index (χ1) is 12.0. The smallest absolute Gasteiger partial charge is 0.226 e. The van der Waals surface area contributed by atoms with E-state index >= 15 is 0 Å². The van der Waals surface area contributed by atoms with Crippen molar-refractivity contribution in [3.63, 3.8) is 0 Å². The molecule has 1 heterocycles. The molecule has 134 valence electrons. The van der Waals surface area contributed by atoms with E-state index in [0.29, 0.717) is 19.0 Å². The number of carbonyl (C=O) groups excluding carboxylic acids is 1. The lowest BCUT2D eigenvalue weighted by Gasteiger charge is -2.32. The summed E-state index contributed by atoms with van der Waals surface area (Å²) < 4.78 is 2.10. The molecule has 1 aromatic carbocycles. The Bertz CT molecular complexity index is 721. The molecule has 1 amide bonds. The van der Waals surface area contributed by atoms with Crippen molar-refractivity contribution in [1.82, 2.24) is 14.5 Å². The van der Waals surface area contributed by atoms with Crippen LogP contribution in [-0.2, 0) is 17.9 Å². The number of hydrogen-bond donors (Lipinski definition) is 0. The molecule has 5 heteroatoms. The first-order valence-corrected chi connectivity index (χ1v) is 9.44. The highest BCUT2D eigenvalue weighted by Crippen LogP contribution is 2.29. The van der Waals surface area contributed by atoms with Gasteiger partial charge in [0.25, 0.3) is 0 Å². The molecule has 0 atom stereocenters. The van der Waals surface area contributed by atoms with Crippen LogP contribution in [0.2, 0.25) is 5.02 Å². The number of imidazole rings is 1. The van der Waals surface area contributed by atoms with Crippen LogP contribution >= 0.6 is 11.6 Å². The first-order valence-electron chi connectivity index (χ1n) is 9.06. The van der Waals surface area contributed by atoms with Gasteiger partial charge in [-0.15, -0.1) is 0 Å². The number of hydrogen-bond acceptors (Lipinski definition) is 2. The number of halogens is 1. The highest BCUT2D eigenvalue weighted by atomic mass is 35.5. The van der Waals surface area contributed by atoms with Crippen molar-refractivity contribution in [3.8, 4) is 0 Å². The summed E-state index contributed by atoms with van der Waals surface area (Å²) in [6, 6.07) is 7.86. The summed E-state index contributed by atoms with van der Waals surface area (Å²) in [5.74, 6) is 1.88. The van der Waals surface area contributed by atoms with Crippen molar-refractivity contribution in [2.45, 2.75) is 46.2 Å². The minimum Gasteiger partial charge on any atom is -0.335 e. The molecule has 25 heavy (non-hydrogen) atoms. The van der Waals surface area contributed by atoms with Crippen molar-refractivity contribution in [3.05, 3.63) is 53.1 Å². The summed E-state index contributed by atoms with van der Waals surface area (Å²) in [5.41, 5.74) is 1.13. The second-order valence-corrected chi connectivity index (χ2v) is 7.78. The van der Waals surface area contributed by atoms with Gasteiger partial charge in [0, 0.05) is 36.4 Å². The van der Waals surface area contributed by atoms with E-state index in [4.69, 9.17) is 11.6 Å². The van der Waals surface area contributed by atoms with Crippen molar-refractivity contribution >= 4 is 17.5 Å². The van der Waals surface area contributed by atoms with Gasteiger partial charge in [0.15, 0.2) is 0 Å². The quantitative estimate of drug-likeness (QED) is 0.736.